The Morgan fingerprint density at radius 1 is 1.62 bits per heavy atom. The van der Waals surface area contributed by atoms with E-state index in [2.05, 4.69) is 9.97 Å². The first-order valence-electron chi connectivity index (χ1n) is 4.14. The number of fused-ring (bicyclic) bond motifs is 1. The molecule has 0 aliphatic carbocycles. The van der Waals surface area contributed by atoms with E-state index in [0.29, 0.717) is 11.3 Å². The van der Waals surface area contributed by atoms with Crippen LogP contribution in [0.3, 0.4) is 0 Å². The van der Waals surface area contributed by atoms with Gasteiger partial charge in [0, 0.05) is 18.8 Å². The molecule has 0 bridgehead atoms. The third-order valence-corrected chi connectivity index (χ3v) is 1.93. The SMILES string of the molecule is CCc1nc(C=O)c2ncccn12. The molecule has 0 unspecified atom stereocenters. The molecule has 0 saturated heterocycles. The Balaban J connectivity index is 2.81. The highest BCUT2D eigenvalue weighted by atomic mass is 16.1. The van der Waals surface area contributed by atoms with Crippen molar-refractivity contribution in [2.75, 3.05) is 0 Å². The summed E-state index contributed by atoms with van der Waals surface area (Å²) in [7, 11) is 0. The summed E-state index contributed by atoms with van der Waals surface area (Å²) in [6.07, 6.45) is 5.05. The maximum absolute atomic E-state index is 10.6. The van der Waals surface area contributed by atoms with E-state index in [1.807, 2.05) is 23.6 Å². The highest BCUT2D eigenvalue weighted by Crippen LogP contribution is 2.08. The van der Waals surface area contributed by atoms with Gasteiger partial charge in [-0.05, 0) is 6.07 Å². The van der Waals surface area contributed by atoms with E-state index in [-0.39, 0.29) is 0 Å². The van der Waals surface area contributed by atoms with Gasteiger partial charge in [-0.2, -0.15) is 0 Å². The summed E-state index contributed by atoms with van der Waals surface area (Å²) >= 11 is 0. The standard InChI is InChI=1S/C9H9N3O/c1-2-8-11-7(6-13)9-10-4-3-5-12(8)9/h3-6H,2H2,1H3. The minimum Gasteiger partial charge on any atom is -0.296 e. The summed E-state index contributed by atoms with van der Waals surface area (Å²) in [5.41, 5.74) is 1.05. The van der Waals surface area contributed by atoms with Crippen molar-refractivity contribution in [1.29, 1.82) is 0 Å². The summed E-state index contributed by atoms with van der Waals surface area (Å²) in [5.74, 6) is 0.866. The quantitative estimate of drug-likeness (QED) is 0.642. The van der Waals surface area contributed by atoms with Crippen LogP contribution in [0.25, 0.3) is 5.65 Å². The Morgan fingerprint density at radius 3 is 3.15 bits per heavy atom. The van der Waals surface area contributed by atoms with E-state index in [4.69, 9.17) is 0 Å². The molecule has 0 aliphatic rings. The van der Waals surface area contributed by atoms with Crippen LogP contribution >= 0.6 is 0 Å². The molecular formula is C9H9N3O. The highest BCUT2D eigenvalue weighted by Gasteiger charge is 2.08. The van der Waals surface area contributed by atoms with Gasteiger partial charge < -0.3 is 0 Å². The average molecular weight is 175 g/mol. The predicted molar refractivity (Wildman–Crippen MR) is 47.8 cm³/mol. The Bertz CT molecular complexity index is 447. The van der Waals surface area contributed by atoms with Crippen molar-refractivity contribution < 1.29 is 4.79 Å². The molecule has 0 radical (unpaired) electrons. The summed E-state index contributed by atoms with van der Waals surface area (Å²) < 4.78 is 1.84. The van der Waals surface area contributed by atoms with E-state index in [1.165, 1.54) is 0 Å². The number of aryl methyl sites for hydroxylation is 1. The van der Waals surface area contributed by atoms with Gasteiger partial charge in [0.15, 0.2) is 11.9 Å². The van der Waals surface area contributed by atoms with E-state index in [9.17, 15) is 4.79 Å². The number of nitrogens with zero attached hydrogens (tertiary/aromatic N) is 3. The fraction of sp³-hybridized carbons (Fsp3) is 0.222. The van der Waals surface area contributed by atoms with Crippen LogP contribution in [0.4, 0.5) is 0 Å². The lowest BCUT2D eigenvalue weighted by atomic mass is 10.4. The van der Waals surface area contributed by atoms with E-state index in [1.54, 1.807) is 6.20 Å². The lowest BCUT2D eigenvalue weighted by Crippen LogP contribution is -1.92. The zero-order chi connectivity index (χ0) is 9.26. The maximum Gasteiger partial charge on any atom is 0.172 e. The lowest BCUT2D eigenvalue weighted by molar-refractivity contribution is 0.112. The molecule has 0 aromatic carbocycles. The Hall–Kier alpha value is -1.71. The predicted octanol–water partition coefficient (Wildman–Crippen LogP) is 1.10. The number of rotatable bonds is 2. The largest absolute Gasteiger partial charge is 0.296 e. The summed E-state index contributed by atoms with van der Waals surface area (Å²) in [6, 6.07) is 1.82. The van der Waals surface area contributed by atoms with Crippen LogP contribution < -0.4 is 0 Å². The number of aromatic nitrogens is 3. The second kappa shape index (κ2) is 2.97. The van der Waals surface area contributed by atoms with Gasteiger partial charge in [-0.25, -0.2) is 9.97 Å². The van der Waals surface area contributed by atoms with Gasteiger partial charge in [0.05, 0.1) is 0 Å². The number of imidazole rings is 1. The number of aldehydes is 1. The van der Waals surface area contributed by atoms with Crippen molar-refractivity contribution >= 4 is 11.9 Å². The first-order chi connectivity index (χ1) is 6.36. The molecule has 66 valence electrons. The Morgan fingerprint density at radius 2 is 2.46 bits per heavy atom. The Labute approximate surface area is 75.2 Å². The van der Waals surface area contributed by atoms with Crippen LogP contribution in [0.1, 0.15) is 23.2 Å². The second-order valence-electron chi connectivity index (χ2n) is 2.70. The van der Waals surface area contributed by atoms with Gasteiger partial charge in [-0.3, -0.25) is 9.20 Å². The molecule has 0 amide bonds. The number of hydrogen-bond donors (Lipinski definition) is 0. The molecule has 0 fully saturated rings. The van der Waals surface area contributed by atoms with Crippen molar-refractivity contribution in [1.82, 2.24) is 14.4 Å². The van der Waals surface area contributed by atoms with Crippen molar-refractivity contribution in [3.05, 3.63) is 30.0 Å². The smallest absolute Gasteiger partial charge is 0.172 e. The van der Waals surface area contributed by atoms with Gasteiger partial charge >= 0.3 is 0 Å². The first-order valence-corrected chi connectivity index (χ1v) is 4.14. The molecule has 2 rings (SSSR count). The number of hydrogen-bond acceptors (Lipinski definition) is 3. The van der Waals surface area contributed by atoms with Crippen molar-refractivity contribution in [3.8, 4) is 0 Å². The molecule has 2 heterocycles. The molecule has 4 nitrogen and oxygen atoms in total. The van der Waals surface area contributed by atoms with Crippen molar-refractivity contribution in [2.45, 2.75) is 13.3 Å². The van der Waals surface area contributed by atoms with E-state index >= 15 is 0 Å². The first kappa shape index (κ1) is 7.91. The van der Waals surface area contributed by atoms with Crippen LogP contribution in [0.2, 0.25) is 0 Å². The van der Waals surface area contributed by atoms with Crippen LogP contribution in [0, 0.1) is 0 Å². The third-order valence-electron chi connectivity index (χ3n) is 1.93. The van der Waals surface area contributed by atoms with Crippen LogP contribution in [0.15, 0.2) is 18.5 Å². The van der Waals surface area contributed by atoms with E-state index in [0.717, 1.165) is 18.5 Å². The summed E-state index contributed by atoms with van der Waals surface area (Å²) in [5, 5.41) is 0. The minimum atomic E-state index is 0.414. The zero-order valence-electron chi connectivity index (χ0n) is 7.27. The Kier molecular flexibility index (Phi) is 1.81. The van der Waals surface area contributed by atoms with Crippen molar-refractivity contribution in [2.24, 2.45) is 0 Å². The molecule has 0 spiro atoms. The second-order valence-corrected chi connectivity index (χ2v) is 2.70. The van der Waals surface area contributed by atoms with Gasteiger partial charge in [-0.15, -0.1) is 0 Å². The molecule has 0 aliphatic heterocycles. The monoisotopic (exact) mass is 175 g/mol. The van der Waals surface area contributed by atoms with Gasteiger partial charge in [-0.1, -0.05) is 6.92 Å². The molecule has 0 saturated carbocycles. The maximum atomic E-state index is 10.6. The summed E-state index contributed by atoms with van der Waals surface area (Å²) in [4.78, 5) is 18.9. The normalized spacial score (nSPS) is 10.5. The minimum absolute atomic E-state index is 0.414. The van der Waals surface area contributed by atoms with Crippen molar-refractivity contribution in [3.63, 3.8) is 0 Å². The topological polar surface area (TPSA) is 47.3 Å². The fourth-order valence-electron chi connectivity index (χ4n) is 1.34. The molecule has 2 aromatic rings. The molecule has 13 heavy (non-hydrogen) atoms. The molecule has 2 aromatic heterocycles. The highest BCUT2D eigenvalue weighted by molar-refractivity contribution is 5.81. The van der Waals surface area contributed by atoms with E-state index < -0.39 is 0 Å². The third kappa shape index (κ3) is 1.11. The number of carbonyl (C=O) groups excluding carboxylic acids is 1. The van der Waals surface area contributed by atoms with Gasteiger partial charge in [0.25, 0.3) is 0 Å². The molecule has 4 heteroatoms. The fourth-order valence-corrected chi connectivity index (χ4v) is 1.34. The summed E-state index contributed by atoms with van der Waals surface area (Å²) in [6.45, 7) is 2.00. The van der Waals surface area contributed by atoms with Crippen LogP contribution in [-0.4, -0.2) is 20.7 Å². The van der Waals surface area contributed by atoms with Crippen LogP contribution in [0.5, 0.6) is 0 Å². The lowest BCUT2D eigenvalue weighted by Gasteiger charge is -1.94. The number of carbonyl (C=O) groups is 1. The zero-order valence-corrected chi connectivity index (χ0v) is 7.27. The molecule has 0 atom stereocenters. The van der Waals surface area contributed by atoms with Gasteiger partial charge in [0.2, 0.25) is 0 Å². The van der Waals surface area contributed by atoms with Gasteiger partial charge in [0.1, 0.15) is 11.5 Å². The average Bonchev–Trinajstić information content (AvgIpc) is 2.56. The van der Waals surface area contributed by atoms with Crippen LogP contribution in [-0.2, 0) is 6.42 Å². The molecule has 0 N–H and O–H groups in total. The molecular weight excluding hydrogens is 166 g/mol.